The van der Waals surface area contributed by atoms with E-state index in [1.54, 1.807) is 18.2 Å². The Hall–Kier alpha value is -3.33. The molecule has 0 unspecified atom stereocenters. The van der Waals surface area contributed by atoms with E-state index in [1.165, 1.54) is 6.07 Å². The number of non-ortho nitro benzene ring substituents is 1. The van der Waals surface area contributed by atoms with Crippen LogP contribution < -0.4 is 5.32 Å². The maximum Gasteiger partial charge on any atom is 0.270 e. The van der Waals surface area contributed by atoms with Crippen molar-refractivity contribution in [1.29, 1.82) is 0 Å². The van der Waals surface area contributed by atoms with E-state index in [-0.39, 0.29) is 23.1 Å². The van der Waals surface area contributed by atoms with E-state index in [1.807, 2.05) is 7.05 Å². The quantitative estimate of drug-likeness (QED) is 0.517. The van der Waals surface area contributed by atoms with Gasteiger partial charge in [0.2, 0.25) is 5.91 Å². The molecule has 2 N–H and O–H groups in total. The summed E-state index contributed by atoms with van der Waals surface area (Å²) in [7, 11) is 2.03. The van der Waals surface area contributed by atoms with E-state index in [0.29, 0.717) is 22.3 Å². The molecule has 0 bridgehead atoms. The largest absolute Gasteiger partial charge is 0.308 e. The highest BCUT2D eigenvalue weighted by Gasteiger charge is 2.24. The van der Waals surface area contributed by atoms with Crippen LogP contribution in [0.15, 0.2) is 36.4 Å². The molecule has 150 valence electrons. The van der Waals surface area contributed by atoms with Gasteiger partial charge in [0.1, 0.15) is 5.82 Å². The molecule has 3 aromatic rings. The third-order valence-corrected chi connectivity index (χ3v) is 5.37. The average Bonchev–Trinajstić information content (AvgIpc) is 3.10. The van der Waals surface area contributed by atoms with Gasteiger partial charge in [0, 0.05) is 29.0 Å². The number of piperidine rings is 1. The molecule has 4 rings (SSSR count). The Balaban J connectivity index is 1.64. The fraction of sp³-hybridized carbons (Fsp3) is 0.300. The van der Waals surface area contributed by atoms with Gasteiger partial charge in [-0.2, -0.15) is 5.10 Å². The van der Waals surface area contributed by atoms with Crippen LogP contribution in [0.3, 0.4) is 0 Å². The Kier molecular flexibility index (Phi) is 4.98. The van der Waals surface area contributed by atoms with Gasteiger partial charge < -0.3 is 10.2 Å². The highest BCUT2D eigenvalue weighted by molar-refractivity contribution is 6.01. The number of anilines is 1. The predicted molar refractivity (Wildman–Crippen MR) is 107 cm³/mol. The lowest BCUT2D eigenvalue weighted by Gasteiger charge is -2.27. The van der Waals surface area contributed by atoms with Crippen LogP contribution in [0, 0.1) is 21.8 Å². The second-order valence-corrected chi connectivity index (χ2v) is 7.32. The van der Waals surface area contributed by atoms with Crippen molar-refractivity contribution < 1.29 is 14.1 Å². The molecule has 0 radical (unpaired) electrons. The van der Waals surface area contributed by atoms with E-state index in [0.717, 1.165) is 38.1 Å². The number of nitro benzene ring substituents is 1. The Morgan fingerprint density at radius 3 is 2.76 bits per heavy atom. The molecule has 2 aromatic carbocycles. The normalized spacial score (nSPS) is 15.5. The van der Waals surface area contributed by atoms with Crippen molar-refractivity contribution in [2.45, 2.75) is 12.8 Å². The fourth-order valence-electron chi connectivity index (χ4n) is 3.61. The summed E-state index contributed by atoms with van der Waals surface area (Å²) in [5.74, 6) is -0.347. The van der Waals surface area contributed by atoms with Gasteiger partial charge in [-0.05, 0) is 56.7 Å². The molecule has 0 spiro atoms. The molecular weight excluding hydrogens is 377 g/mol. The molecule has 1 aliphatic heterocycles. The maximum absolute atomic E-state index is 14.3. The summed E-state index contributed by atoms with van der Waals surface area (Å²) in [6.45, 7) is 1.74. The fourth-order valence-corrected chi connectivity index (χ4v) is 3.61. The molecule has 1 aromatic heterocycles. The first-order valence-corrected chi connectivity index (χ1v) is 9.34. The van der Waals surface area contributed by atoms with Gasteiger partial charge >= 0.3 is 0 Å². The number of nitro groups is 1. The summed E-state index contributed by atoms with van der Waals surface area (Å²) in [6, 6.07) is 8.45. The molecule has 9 heteroatoms. The van der Waals surface area contributed by atoms with Gasteiger partial charge in [-0.25, -0.2) is 4.39 Å². The summed E-state index contributed by atoms with van der Waals surface area (Å²) in [5, 5.41) is 21.6. The van der Waals surface area contributed by atoms with Gasteiger partial charge in [-0.3, -0.25) is 20.0 Å². The van der Waals surface area contributed by atoms with Crippen molar-refractivity contribution in [3.63, 3.8) is 0 Å². The number of aromatic amines is 1. The van der Waals surface area contributed by atoms with Crippen LogP contribution in [-0.4, -0.2) is 46.1 Å². The minimum Gasteiger partial charge on any atom is -0.308 e. The minimum atomic E-state index is -0.563. The number of H-pyrrole nitrogens is 1. The monoisotopic (exact) mass is 397 g/mol. The van der Waals surface area contributed by atoms with Crippen LogP contribution in [0.2, 0.25) is 0 Å². The number of nitrogens with one attached hydrogen (secondary N) is 2. The van der Waals surface area contributed by atoms with Crippen molar-refractivity contribution in [3.8, 4) is 11.1 Å². The first-order chi connectivity index (χ1) is 13.9. The molecule has 1 fully saturated rings. The van der Waals surface area contributed by atoms with E-state index >= 15 is 0 Å². The van der Waals surface area contributed by atoms with Gasteiger partial charge in [-0.15, -0.1) is 0 Å². The van der Waals surface area contributed by atoms with Crippen molar-refractivity contribution in [2.24, 2.45) is 5.92 Å². The smallest absolute Gasteiger partial charge is 0.270 e. The molecular formula is C20H20FN5O3. The van der Waals surface area contributed by atoms with Crippen LogP contribution in [0.1, 0.15) is 12.8 Å². The summed E-state index contributed by atoms with van der Waals surface area (Å²) < 4.78 is 14.3. The number of hydrogen-bond acceptors (Lipinski definition) is 5. The summed E-state index contributed by atoms with van der Waals surface area (Å²) in [5.41, 5.74) is 1.08. The molecule has 1 amide bonds. The van der Waals surface area contributed by atoms with Crippen LogP contribution in [0.4, 0.5) is 15.9 Å². The Morgan fingerprint density at radius 2 is 2.03 bits per heavy atom. The topological polar surface area (TPSA) is 104 Å². The Bertz CT molecular complexity index is 1090. The predicted octanol–water partition coefficient (Wildman–Crippen LogP) is 3.56. The van der Waals surface area contributed by atoms with Gasteiger partial charge in [0.05, 0.1) is 10.4 Å². The van der Waals surface area contributed by atoms with Gasteiger partial charge in [0.25, 0.3) is 5.69 Å². The molecule has 0 aliphatic carbocycles. The number of hydrogen-bond donors (Lipinski definition) is 2. The number of aromatic nitrogens is 2. The van der Waals surface area contributed by atoms with E-state index in [4.69, 9.17) is 0 Å². The molecule has 1 aliphatic rings. The second kappa shape index (κ2) is 7.59. The summed E-state index contributed by atoms with van der Waals surface area (Å²) >= 11 is 0. The zero-order chi connectivity index (χ0) is 20.5. The Labute approximate surface area is 165 Å². The standard InChI is InChI=1S/C20H20FN5O3/c1-25-8-6-12(7-9-25)20(27)22-19-16-10-13(2-5-18(16)23-24-19)15-11-14(26(28)29)3-4-17(15)21/h2-5,10-12H,6-9H2,1H3,(H2,22,23,24,27). The molecule has 1 saturated heterocycles. The number of likely N-dealkylation sites (tertiary alicyclic amines) is 1. The third-order valence-electron chi connectivity index (χ3n) is 5.37. The first-order valence-electron chi connectivity index (χ1n) is 9.34. The third kappa shape index (κ3) is 3.81. The van der Waals surface area contributed by atoms with Gasteiger partial charge in [-0.1, -0.05) is 6.07 Å². The molecule has 8 nitrogen and oxygen atoms in total. The first kappa shape index (κ1) is 19.0. The number of amides is 1. The second-order valence-electron chi connectivity index (χ2n) is 7.32. The number of nitrogens with zero attached hydrogens (tertiary/aromatic N) is 3. The average molecular weight is 397 g/mol. The zero-order valence-electron chi connectivity index (χ0n) is 15.8. The number of benzene rings is 2. The van der Waals surface area contributed by atoms with E-state index in [2.05, 4.69) is 20.4 Å². The van der Waals surface area contributed by atoms with Crippen LogP contribution in [0.25, 0.3) is 22.0 Å². The van der Waals surface area contributed by atoms with Gasteiger partial charge in [0.15, 0.2) is 5.82 Å². The molecule has 0 atom stereocenters. The highest BCUT2D eigenvalue weighted by Crippen LogP contribution is 2.31. The zero-order valence-corrected chi connectivity index (χ0v) is 15.8. The lowest BCUT2D eigenvalue weighted by atomic mass is 9.96. The number of carbonyl (C=O) groups is 1. The lowest BCUT2D eigenvalue weighted by Crippen LogP contribution is -2.36. The van der Waals surface area contributed by atoms with Crippen molar-refractivity contribution in [2.75, 3.05) is 25.5 Å². The number of fused-ring (bicyclic) bond motifs is 1. The SMILES string of the molecule is CN1CCC(C(=O)Nc2n[nH]c3ccc(-c4cc([N+](=O)[O-])ccc4F)cc23)CC1. The molecule has 2 heterocycles. The van der Waals surface area contributed by atoms with Crippen molar-refractivity contribution in [1.82, 2.24) is 15.1 Å². The Morgan fingerprint density at radius 1 is 1.28 bits per heavy atom. The van der Waals surface area contributed by atoms with E-state index in [9.17, 15) is 19.3 Å². The maximum atomic E-state index is 14.3. The van der Waals surface area contributed by atoms with Crippen molar-refractivity contribution >= 4 is 28.3 Å². The minimum absolute atomic E-state index is 0.0737. The molecule has 0 saturated carbocycles. The number of carbonyl (C=O) groups excluding carboxylic acids is 1. The van der Waals surface area contributed by atoms with Crippen LogP contribution in [-0.2, 0) is 4.79 Å². The summed E-state index contributed by atoms with van der Waals surface area (Å²) in [6.07, 6.45) is 1.57. The molecule has 29 heavy (non-hydrogen) atoms. The number of rotatable bonds is 4. The summed E-state index contributed by atoms with van der Waals surface area (Å²) in [4.78, 5) is 25.3. The van der Waals surface area contributed by atoms with Crippen LogP contribution in [0.5, 0.6) is 0 Å². The lowest BCUT2D eigenvalue weighted by molar-refractivity contribution is -0.384. The highest BCUT2D eigenvalue weighted by atomic mass is 19.1. The van der Waals surface area contributed by atoms with E-state index < -0.39 is 10.7 Å². The number of halogens is 1. The van der Waals surface area contributed by atoms with Crippen molar-refractivity contribution in [3.05, 3.63) is 52.3 Å². The van der Waals surface area contributed by atoms with Crippen LogP contribution >= 0.6 is 0 Å².